The molecule has 0 unspecified atom stereocenters. The third-order valence-electron chi connectivity index (χ3n) is 3.84. The van der Waals surface area contributed by atoms with Gasteiger partial charge >= 0.3 is 0 Å². The Hall–Kier alpha value is -2.34. The quantitative estimate of drug-likeness (QED) is 0.877. The molecule has 3 rings (SSSR count). The zero-order valence-electron chi connectivity index (χ0n) is 12.8. The molecule has 0 aromatic heterocycles. The van der Waals surface area contributed by atoms with Crippen molar-refractivity contribution in [1.82, 2.24) is 4.83 Å². The van der Waals surface area contributed by atoms with Crippen LogP contribution >= 0.6 is 0 Å². The van der Waals surface area contributed by atoms with Crippen LogP contribution in [-0.4, -0.2) is 21.2 Å². The van der Waals surface area contributed by atoms with Gasteiger partial charge < -0.3 is 4.74 Å². The molecule has 1 aliphatic rings. The van der Waals surface area contributed by atoms with Crippen molar-refractivity contribution in [2.45, 2.75) is 24.2 Å². The minimum absolute atomic E-state index is 0.204. The summed E-state index contributed by atoms with van der Waals surface area (Å²) in [5.74, 6) is 0.801. The minimum atomic E-state index is -3.64. The number of hydrogen-bond donors (Lipinski definition) is 1. The number of benzene rings is 2. The molecule has 1 N–H and O–H groups in total. The smallest absolute Gasteiger partial charge is 0.276 e. The third-order valence-corrected chi connectivity index (χ3v) is 5.06. The second-order valence-electron chi connectivity index (χ2n) is 5.34. The number of rotatable bonds is 4. The first-order chi connectivity index (χ1) is 11.1. The summed E-state index contributed by atoms with van der Waals surface area (Å²) in [6.07, 6.45) is 2.62. The van der Waals surface area contributed by atoms with Gasteiger partial charge in [0.05, 0.1) is 17.7 Å². The molecule has 0 atom stereocenters. The van der Waals surface area contributed by atoms with Crippen molar-refractivity contribution in [2.24, 2.45) is 5.10 Å². The summed E-state index contributed by atoms with van der Waals surface area (Å²) >= 11 is 0. The van der Waals surface area contributed by atoms with Crippen molar-refractivity contribution in [2.75, 3.05) is 7.11 Å². The molecule has 5 nitrogen and oxygen atoms in total. The lowest BCUT2D eigenvalue weighted by molar-refractivity contribution is 0.414. The van der Waals surface area contributed by atoms with Crippen LogP contribution in [0.5, 0.6) is 5.75 Å². The Labute approximate surface area is 136 Å². The molecule has 0 amide bonds. The van der Waals surface area contributed by atoms with Gasteiger partial charge in [-0.3, -0.25) is 0 Å². The molecule has 0 heterocycles. The molecule has 0 fully saturated rings. The Morgan fingerprint density at radius 1 is 1.09 bits per heavy atom. The Kier molecular flexibility index (Phi) is 4.34. The topological polar surface area (TPSA) is 67.8 Å². The second-order valence-corrected chi connectivity index (χ2v) is 7.00. The second kappa shape index (κ2) is 6.42. The van der Waals surface area contributed by atoms with Crippen LogP contribution in [-0.2, 0) is 16.4 Å². The minimum Gasteiger partial charge on any atom is -0.497 e. The first-order valence-electron chi connectivity index (χ1n) is 7.41. The lowest BCUT2D eigenvalue weighted by Crippen LogP contribution is -2.22. The molecular weight excluding hydrogens is 312 g/mol. The molecule has 2 aromatic carbocycles. The maximum absolute atomic E-state index is 12.2. The van der Waals surface area contributed by atoms with Gasteiger partial charge in [-0.1, -0.05) is 18.2 Å². The predicted octanol–water partition coefficient (Wildman–Crippen LogP) is 2.71. The van der Waals surface area contributed by atoms with Crippen LogP contribution < -0.4 is 9.57 Å². The Morgan fingerprint density at radius 3 is 2.61 bits per heavy atom. The van der Waals surface area contributed by atoms with E-state index < -0.39 is 10.0 Å². The molecule has 0 aliphatic heterocycles. The average molecular weight is 330 g/mol. The third kappa shape index (κ3) is 3.37. The molecule has 0 bridgehead atoms. The first-order valence-corrected chi connectivity index (χ1v) is 8.89. The van der Waals surface area contributed by atoms with Crippen LogP contribution in [0.3, 0.4) is 0 Å². The van der Waals surface area contributed by atoms with Gasteiger partial charge in [0.1, 0.15) is 5.75 Å². The monoisotopic (exact) mass is 330 g/mol. The van der Waals surface area contributed by atoms with E-state index in [0.29, 0.717) is 0 Å². The summed E-state index contributed by atoms with van der Waals surface area (Å²) in [7, 11) is -2.00. The summed E-state index contributed by atoms with van der Waals surface area (Å²) in [5.41, 5.74) is 2.87. The van der Waals surface area contributed by atoms with E-state index in [4.69, 9.17) is 4.74 Å². The molecule has 0 spiro atoms. The number of methoxy groups -OCH3 is 1. The number of sulfonamides is 1. The fourth-order valence-electron chi connectivity index (χ4n) is 2.65. The Balaban J connectivity index is 1.88. The maximum atomic E-state index is 12.2. The van der Waals surface area contributed by atoms with Crippen LogP contribution in [0.1, 0.15) is 24.0 Å². The van der Waals surface area contributed by atoms with E-state index in [1.54, 1.807) is 37.4 Å². The van der Waals surface area contributed by atoms with Crippen molar-refractivity contribution in [3.8, 4) is 5.75 Å². The highest BCUT2D eigenvalue weighted by Crippen LogP contribution is 2.25. The lowest BCUT2D eigenvalue weighted by Gasteiger charge is -2.18. The molecule has 0 radical (unpaired) electrons. The Bertz CT molecular complexity index is 830. The number of hydrogen-bond acceptors (Lipinski definition) is 4. The number of hydrazone groups is 1. The van der Waals surface area contributed by atoms with Crippen molar-refractivity contribution < 1.29 is 13.2 Å². The van der Waals surface area contributed by atoms with Crippen molar-refractivity contribution in [3.63, 3.8) is 0 Å². The molecule has 2 aromatic rings. The van der Waals surface area contributed by atoms with E-state index in [1.165, 1.54) is 0 Å². The van der Waals surface area contributed by atoms with E-state index in [9.17, 15) is 8.42 Å². The first kappa shape index (κ1) is 15.6. The number of nitrogens with one attached hydrogen (secondary N) is 1. The van der Waals surface area contributed by atoms with E-state index in [1.807, 2.05) is 18.2 Å². The molecule has 23 heavy (non-hydrogen) atoms. The largest absolute Gasteiger partial charge is 0.497 e. The van der Waals surface area contributed by atoms with E-state index in [0.717, 1.165) is 41.9 Å². The van der Waals surface area contributed by atoms with Crippen LogP contribution in [0.2, 0.25) is 0 Å². The van der Waals surface area contributed by atoms with Gasteiger partial charge in [-0.05, 0) is 55.2 Å². The number of ether oxygens (including phenoxy) is 1. The number of fused-ring (bicyclic) bond motifs is 1. The SMILES string of the molecule is COc1ccc2c(c1)CCCC2=NNS(=O)(=O)c1ccccc1. The van der Waals surface area contributed by atoms with Gasteiger partial charge in [0, 0.05) is 5.56 Å². The van der Waals surface area contributed by atoms with E-state index >= 15 is 0 Å². The van der Waals surface area contributed by atoms with Gasteiger partial charge in [-0.15, -0.1) is 0 Å². The zero-order valence-corrected chi connectivity index (χ0v) is 13.6. The fraction of sp³-hybridized carbons (Fsp3) is 0.235. The fourth-order valence-corrected chi connectivity index (χ4v) is 3.50. The van der Waals surface area contributed by atoms with Gasteiger partial charge in [0.25, 0.3) is 10.0 Å². The van der Waals surface area contributed by atoms with Crippen LogP contribution in [0.25, 0.3) is 0 Å². The molecule has 1 aliphatic carbocycles. The molecule has 0 saturated heterocycles. The number of nitrogens with zero attached hydrogens (tertiary/aromatic N) is 1. The normalized spacial score (nSPS) is 16.0. The Morgan fingerprint density at radius 2 is 1.87 bits per heavy atom. The molecule has 6 heteroatoms. The molecular formula is C17H18N2O3S. The maximum Gasteiger partial charge on any atom is 0.276 e. The van der Waals surface area contributed by atoms with Crippen molar-refractivity contribution in [3.05, 3.63) is 59.7 Å². The van der Waals surface area contributed by atoms with Crippen molar-refractivity contribution >= 4 is 15.7 Å². The summed E-state index contributed by atoms with van der Waals surface area (Å²) in [5, 5.41) is 4.17. The van der Waals surface area contributed by atoms with Gasteiger partial charge in [0.15, 0.2) is 0 Å². The lowest BCUT2D eigenvalue weighted by atomic mass is 9.90. The predicted molar refractivity (Wildman–Crippen MR) is 89.2 cm³/mol. The van der Waals surface area contributed by atoms with Gasteiger partial charge in [0.2, 0.25) is 0 Å². The van der Waals surface area contributed by atoms with Gasteiger partial charge in [-0.2, -0.15) is 18.4 Å². The van der Waals surface area contributed by atoms with Crippen LogP contribution in [0.4, 0.5) is 0 Å². The average Bonchev–Trinajstić information content (AvgIpc) is 2.60. The highest BCUT2D eigenvalue weighted by molar-refractivity contribution is 7.89. The van der Waals surface area contributed by atoms with E-state index in [2.05, 4.69) is 9.93 Å². The molecule has 120 valence electrons. The van der Waals surface area contributed by atoms with Crippen LogP contribution in [0.15, 0.2) is 58.5 Å². The van der Waals surface area contributed by atoms with Gasteiger partial charge in [-0.25, -0.2) is 0 Å². The van der Waals surface area contributed by atoms with E-state index in [-0.39, 0.29) is 4.90 Å². The zero-order chi connectivity index (χ0) is 16.3. The highest BCUT2D eigenvalue weighted by atomic mass is 32.2. The number of aryl methyl sites for hydroxylation is 1. The highest BCUT2D eigenvalue weighted by Gasteiger charge is 2.18. The standard InChI is InChI=1S/C17H18N2O3S/c1-22-14-10-11-16-13(12-14)6-5-9-17(16)18-19-23(20,21)15-7-3-2-4-8-15/h2-4,7-8,10-12,19H,5-6,9H2,1H3. The van der Waals surface area contributed by atoms with Crippen molar-refractivity contribution in [1.29, 1.82) is 0 Å². The van der Waals surface area contributed by atoms with Crippen LogP contribution in [0, 0.1) is 0 Å². The summed E-state index contributed by atoms with van der Waals surface area (Å²) in [6, 6.07) is 14.0. The summed E-state index contributed by atoms with van der Waals surface area (Å²) in [4.78, 5) is 2.55. The molecule has 0 saturated carbocycles. The summed E-state index contributed by atoms with van der Waals surface area (Å²) < 4.78 is 29.7. The summed E-state index contributed by atoms with van der Waals surface area (Å²) in [6.45, 7) is 0.